The lowest BCUT2D eigenvalue weighted by Crippen LogP contribution is -2.49. The van der Waals surface area contributed by atoms with E-state index < -0.39 is 17.9 Å². The maximum absolute atomic E-state index is 13.3. The number of nitrogens with zero attached hydrogens (tertiary/aromatic N) is 3. The largest absolute Gasteiger partial charge is 0.347 e. The first-order valence-electron chi connectivity index (χ1n) is 10.3. The van der Waals surface area contributed by atoms with Crippen LogP contribution in [-0.4, -0.2) is 41.7 Å². The van der Waals surface area contributed by atoms with Crippen LogP contribution in [0.4, 0.5) is 4.39 Å². The Morgan fingerprint density at radius 1 is 1.24 bits per heavy atom. The summed E-state index contributed by atoms with van der Waals surface area (Å²) in [6.07, 6.45) is 1.35. The number of nitrogens with one attached hydrogen (secondary N) is 3. The summed E-state index contributed by atoms with van der Waals surface area (Å²) < 4.78 is 13.3. The predicted octanol–water partition coefficient (Wildman–Crippen LogP) is 2.79. The highest BCUT2D eigenvalue weighted by Gasteiger charge is 2.40. The standard InChI is InChI=1S/C23H22ClFN6O2/c1-12(15-4-6-16(7-5-15)13(2)32)29-22-20-19(30-31-22)21(28-11-27-20)23(33)26-10-14-3-8-18(25)17(24)9-14/h3-9,11-12,19-20,30H,10H2,1-2H3,(H,26,33)(H,29,31). The Hall–Kier alpha value is -3.43. The minimum absolute atomic E-state index is 0.00322. The molecule has 0 bridgehead atoms. The van der Waals surface area contributed by atoms with Gasteiger partial charge < -0.3 is 10.7 Å². The lowest BCUT2D eigenvalue weighted by atomic mass is 10.0. The Balaban J connectivity index is 1.42. The van der Waals surface area contributed by atoms with E-state index in [-0.39, 0.29) is 35.0 Å². The molecule has 170 valence electrons. The van der Waals surface area contributed by atoms with Gasteiger partial charge in [0, 0.05) is 12.1 Å². The van der Waals surface area contributed by atoms with Crippen LogP contribution in [0.5, 0.6) is 0 Å². The van der Waals surface area contributed by atoms with E-state index in [0.29, 0.717) is 17.0 Å². The predicted molar refractivity (Wildman–Crippen MR) is 125 cm³/mol. The van der Waals surface area contributed by atoms with Crippen LogP contribution in [0.25, 0.3) is 0 Å². The fourth-order valence-corrected chi connectivity index (χ4v) is 3.80. The third kappa shape index (κ3) is 4.99. The van der Waals surface area contributed by atoms with Gasteiger partial charge in [0.2, 0.25) is 0 Å². The van der Waals surface area contributed by atoms with E-state index in [1.807, 2.05) is 19.1 Å². The SMILES string of the molecule is CC(=O)c1ccc(C(C)N=C2NNC3C(C(=O)NCc4ccc(F)c(Cl)c4)=NC=NC23)cc1. The molecule has 8 nitrogen and oxygen atoms in total. The first kappa shape index (κ1) is 22.8. The Labute approximate surface area is 195 Å². The fourth-order valence-electron chi connectivity index (χ4n) is 3.60. The minimum Gasteiger partial charge on any atom is -0.347 e. The quantitative estimate of drug-likeness (QED) is 0.566. The number of halogens is 2. The normalized spacial score (nSPS) is 21.2. The number of carbonyl (C=O) groups excluding carboxylic acids is 2. The maximum atomic E-state index is 13.3. The van der Waals surface area contributed by atoms with Crippen LogP contribution in [0, 0.1) is 5.82 Å². The van der Waals surface area contributed by atoms with E-state index in [1.165, 1.54) is 25.4 Å². The van der Waals surface area contributed by atoms with Crippen LogP contribution in [0.15, 0.2) is 57.4 Å². The highest BCUT2D eigenvalue weighted by atomic mass is 35.5. The van der Waals surface area contributed by atoms with Gasteiger partial charge in [0.1, 0.15) is 35.8 Å². The van der Waals surface area contributed by atoms with Crippen molar-refractivity contribution < 1.29 is 14.0 Å². The molecule has 0 aliphatic carbocycles. The van der Waals surface area contributed by atoms with Crippen LogP contribution >= 0.6 is 11.6 Å². The molecule has 1 amide bonds. The molecule has 1 fully saturated rings. The van der Waals surface area contributed by atoms with Crippen molar-refractivity contribution in [2.45, 2.75) is 38.5 Å². The molecule has 4 rings (SSSR count). The van der Waals surface area contributed by atoms with Crippen LogP contribution < -0.4 is 16.2 Å². The molecular weight excluding hydrogens is 447 g/mol. The Morgan fingerprint density at radius 2 is 2.00 bits per heavy atom. The average molecular weight is 469 g/mol. The molecule has 2 heterocycles. The molecule has 0 aromatic heterocycles. The number of aliphatic imine (C=N–C) groups is 3. The smallest absolute Gasteiger partial charge is 0.267 e. The number of fused-ring (bicyclic) bond motifs is 1. The molecule has 0 radical (unpaired) electrons. The van der Waals surface area contributed by atoms with Gasteiger partial charge in [0.05, 0.1) is 11.1 Å². The molecule has 10 heteroatoms. The van der Waals surface area contributed by atoms with Crippen molar-refractivity contribution in [1.82, 2.24) is 16.2 Å². The molecule has 3 atom stereocenters. The van der Waals surface area contributed by atoms with E-state index in [9.17, 15) is 14.0 Å². The Bertz CT molecular complexity index is 1180. The molecule has 3 N–H and O–H groups in total. The van der Waals surface area contributed by atoms with E-state index in [1.54, 1.807) is 18.2 Å². The number of hydrogen-bond donors (Lipinski definition) is 3. The number of Topliss-reactive ketones (excluding diaryl/α,β-unsaturated/α-hetero) is 1. The lowest BCUT2D eigenvalue weighted by Gasteiger charge is -2.19. The first-order chi connectivity index (χ1) is 15.8. The first-order valence-corrected chi connectivity index (χ1v) is 10.7. The molecular formula is C23H22ClFN6O2. The van der Waals surface area contributed by atoms with Gasteiger partial charge in [0.15, 0.2) is 5.78 Å². The van der Waals surface area contributed by atoms with Gasteiger partial charge in [-0.3, -0.25) is 19.6 Å². The lowest BCUT2D eigenvalue weighted by molar-refractivity contribution is -0.115. The maximum Gasteiger partial charge on any atom is 0.267 e. The zero-order valence-electron chi connectivity index (χ0n) is 18.0. The van der Waals surface area contributed by atoms with Crippen molar-refractivity contribution in [3.63, 3.8) is 0 Å². The molecule has 0 spiro atoms. The number of hydrazine groups is 1. The molecule has 2 aliphatic heterocycles. The van der Waals surface area contributed by atoms with E-state index in [0.717, 1.165) is 5.56 Å². The summed E-state index contributed by atoms with van der Waals surface area (Å²) in [7, 11) is 0. The zero-order valence-corrected chi connectivity index (χ0v) is 18.7. The summed E-state index contributed by atoms with van der Waals surface area (Å²) >= 11 is 5.80. The number of hydrogen-bond acceptors (Lipinski definition) is 6. The summed E-state index contributed by atoms with van der Waals surface area (Å²) in [6, 6.07) is 10.5. The second kappa shape index (κ2) is 9.60. The van der Waals surface area contributed by atoms with E-state index in [4.69, 9.17) is 16.6 Å². The number of ketones is 1. The van der Waals surface area contributed by atoms with Gasteiger partial charge in [-0.1, -0.05) is 41.9 Å². The van der Waals surface area contributed by atoms with Crippen molar-refractivity contribution in [2.24, 2.45) is 15.0 Å². The number of amidine groups is 1. The van der Waals surface area contributed by atoms with Gasteiger partial charge in [-0.2, -0.15) is 0 Å². The average Bonchev–Trinajstić information content (AvgIpc) is 3.22. The molecule has 2 aliphatic rings. The minimum atomic E-state index is -0.514. The van der Waals surface area contributed by atoms with Crippen LogP contribution in [-0.2, 0) is 11.3 Å². The summed E-state index contributed by atoms with van der Waals surface area (Å²) in [5.74, 6) is -0.293. The Morgan fingerprint density at radius 3 is 2.70 bits per heavy atom. The molecule has 2 aromatic carbocycles. The molecule has 33 heavy (non-hydrogen) atoms. The highest BCUT2D eigenvalue weighted by Crippen LogP contribution is 2.21. The fraction of sp³-hybridized carbons (Fsp3) is 0.261. The number of rotatable bonds is 6. The topological polar surface area (TPSA) is 107 Å². The van der Waals surface area contributed by atoms with Crippen LogP contribution in [0.3, 0.4) is 0 Å². The number of benzene rings is 2. The molecule has 0 saturated carbocycles. The van der Waals surface area contributed by atoms with Gasteiger partial charge >= 0.3 is 0 Å². The third-order valence-electron chi connectivity index (χ3n) is 5.47. The number of amides is 1. The second-order valence-corrected chi connectivity index (χ2v) is 8.18. The number of carbonyl (C=O) groups is 2. The summed E-state index contributed by atoms with van der Waals surface area (Å²) in [5, 5.41) is 2.77. The monoisotopic (exact) mass is 468 g/mol. The Kier molecular flexibility index (Phi) is 6.62. The second-order valence-electron chi connectivity index (χ2n) is 7.77. The third-order valence-corrected chi connectivity index (χ3v) is 5.76. The van der Waals surface area contributed by atoms with Gasteiger partial charge in [-0.05, 0) is 37.1 Å². The molecule has 2 aromatic rings. The van der Waals surface area contributed by atoms with Crippen molar-refractivity contribution in [3.05, 3.63) is 70.0 Å². The van der Waals surface area contributed by atoms with Gasteiger partial charge in [0.25, 0.3) is 5.91 Å². The summed E-state index contributed by atoms with van der Waals surface area (Å²) in [5.41, 5.74) is 8.57. The zero-order chi connectivity index (χ0) is 23.5. The van der Waals surface area contributed by atoms with Crippen LogP contribution in [0.2, 0.25) is 5.02 Å². The highest BCUT2D eigenvalue weighted by molar-refractivity contribution is 6.43. The van der Waals surface area contributed by atoms with Crippen LogP contribution in [0.1, 0.15) is 41.4 Å². The van der Waals surface area contributed by atoms with Crippen molar-refractivity contribution in [1.29, 1.82) is 0 Å². The van der Waals surface area contributed by atoms with Crippen molar-refractivity contribution in [3.8, 4) is 0 Å². The van der Waals surface area contributed by atoms with Crippen molar-refractivity contribution >= 4 is 41.2 Å². The van der Waals surface area contributed by atoms with E-state index >= 15 is 0 Å². The van der Waals surface area contributed by atoms with Gasteiger partial charge in [-0.15, -0.1) is 0 Å². The molecule has 1 saturated heterocycles. The van der Waals surface area contributed by atoms with E-state index in [2.05, 4.69) is 26.2 Å². The van der Waals surface area contributed by atoms with Gasteiger partial charge in [-0.25, -0.2) is 14.8 Å². The van der Waals surface area contributed by atoms with Crippen molar-refractivity contribution in [2.75, 3.05) is 0 Å². The molecule has 3 unspecified atom stereocenters. The summed E-state index contributed by atoms with van der Waals surface area (Å²) in [6.45, 7) is 3.64. The summed E-state index contributed by atoms with van der Waals surface area (Å²) in [4.78, 5) is 37.5.